The Morgan fingerprint density at radius 2 is 2.47 bits per heavy atom. The number of carbonyl (C=O) groups excluding carboxylic acids is 1. The van der Waals surface area contributed by atoms with Crippen LogP contribution in [0.4, 0.5) is 0 Å². The smallest absolute Gasteiger partial charge is 0.221 e. The summed E-state index contributed by atoms with van der Waals surface area (Å²) in [4.78, 5) is 11.1. The van der Waals surface area contributed by atoms with Gasteiger partial charge in [-0.15, -0.1) is 0 Å². The van der Waals surface area contributed by atoms with Crippen LogP contribution in [0.25, 0.3) is 0 Å². The fourth-order valence-corrected chi connectivity index (χ4v) is 1.30. The molecule has 5 heteroatoms. The molecule has 0 bridgehead atoms. The molecule has 84 valence electrons. The van der Waals surface area contributed by atoms with E-state index in [1.54, 1.807) is 6.20 Å². The van der Waals surface area contributed by atoms with Crippen molar-refractivity contribution in [3.63, 3.8) is 0 Å². The number of rotatable bonds is 6. The van der Waals surface area contributed by atoms with Crippen LogP contribution < -0.4 is 11.1 Å². The molecular formula is C10H18N4O. The quantitative estimate of drug-likeness (QED) is 0.693. The lowest BCUT2D eigenvalue weighted by atomic mass is 10.2. The zero-order valence-corrected chi connectivity index (χ0v) is 9.02. The molecule has 0 saturated heterocycles. The Morgan fingerprint density at radius 1 is 1.67 bits per heavy atom. The first-order chi connectivity index (χ1) is 7.22. The molecule has 1 atom stereocenters. The van der Waals surface area contributed by atoms with E-state index in [-0.39, 0.29) is 5.91 Å². The van der Waals surface area contributed by atoms with E-state index in [4.69, 9.17) is 5.73 Å². The van der Waals surface area contributed by atoms with Crippen LogP contribution >= 0.6 is 0 Å². The Morgan fingerprint density at radius 3 is 3.07 bits per heavy atom. The highest BCUT2D eigenvalue weighted by atomic mass is 16.1. The molecule has 0 aromatic carbocycles. The van der Waals surface area contributed by atoms with Crippen LogP contribution in [-0.2, 0) is 11.3 Å². The van der Waals surface area contributed by atoms with Gasteiger partial charge >= 0.3 is 0 Å². The summed E-state index contributed by atoms with van der Waals surface area (Å²) in [5.41, 5.74) is 5.27. The van der Waals surface area contributed by atoms with Crippen LogP contribution in [0, 0.1) is 5.92 Å². The average Bonchev–Trinajstić information content (AvgIpc) is 2.68. The van der Waals surface area contributed by atoms with Crippen molar-refractivity contribution in [1.82, 2.24) is 15.1 Å². The van der Waals surface area contributed by atoms with Crippen molar-refractivity contribution in [2.24, 2.45) is 11.7 Å². The summed E-state index contributed by atoms with van der Waals surface area (Å²) in [6, 6.07) is 1.89. The average molecular weight is 210 g/mol. The van der Waals surface area contributed by atoms with Gasteiger partial charge in [-0.25, -0.2) is 0 Å². The van der Waals surface area contributed by atoms with Gasteiger partial charge in [0.1, 0.15) is 0 Å². The first-order valence-electron chi connectivity index (χ1n) is 5.16. The van der Waals surface area contributed by atoms with E-state index >= 15 is 0 Å². The molecule has 0 aliphatic carbocycles. The van der Waals surface area contributed by atoms with E-state index in [9.17, 15) is 4.79 Å². The van der Waals surface area contributed by atoms with Crippen molar-refractivity contribution in [3.05, 3.63) is 18.5 Å². The van der Waals surface area contributed by atoms with E-state index < -0.39 is 0 Å². The SMILES string of the molecule is CC(CNC(=O)CCN)Cn1cccn1. The van der Waals surface area contributed by atoms with Crippen molar-refractivity contribution in [2.45, 2.75) is 19.9 Å². The van der Waals surface area contributed by atoms with E-state index in [1.807, 2.05) is 16.9 Å². The van der Waals surface area contributed by atoms with Gasteiger partial charge in [-0.3, -0.25) is 9.48 Å². The fourth-order valence-electron chi connectivity index (χ4n) is 1.30. The molecule has 15 heavy (non-hydrogen) atoms. The zero-order valence-electron chi connectivity index (χ0n) is 9.02. The molecule has 1 heterocycles. The van der Waals surface area contributed by atoms with Crippen molar-refractivity contribution >= 4 is 5.91 Å². The van der Waals surface area contributed by atoms with Crippen molar-refractivity contribution in [2.75, 3.05) is 13.1 Å². The van der Waals surface area contributed by atoms with Gasteiger partial charge in [0.05, 0.1) is 0 Å². The molecule has 1 aromatic heterocycles. The number of hydrogen-bond acceptors (Lipinski definition) is 3. The van der Waals surface area contributed by atoms with Crippen LogP contribution in [0.3, 0.4) is 0 Å². The lowest BCUT2D eigenvalue weighted by molar-refractivity contribution is -0.121. The first kappa shape index (κ1) is 11.7. The Bertz CT molecular complexity index is 284. The summed E-state index contributed by atoms with van der Waals surface area (Å²) >= 11 is 0. The molecule has 1 rings (SSSR count). The summed E-state index contributed by atoms with van der Waals surface area (Å²) in [6.45, 7) is 3.96. The summed E-state index contributed by atoms with van der Waals surface area (Å²) in [7, 11) is 0. The third-order valence-electron chi connectivity index (χ3n) is 2.08. The molecule has 0 aliphatic heterocycles. The second kappa shape index (κ2) is 6.19. The van der Waals surface area contributed by atoms with Gasteiger partial charge in [0.15, 0.2) is 0 Å². The van der Waals surface area contributed by atoms with Crippen LogP contribution in [0.2, 0.25) is 0 Å². The van der Waals surface area contributed by atoms with Crippen LogP contribution in [0.15, 0.2) is 18.5 Å². The molecule has 3 N–H and O–H groups in total. The van der Waals surface area contributed by atoms with Gasteiger partial charge < -0.3 is 11.1 Å². The zero-order chi connectivity index (χ0) is 11.1. The van der Waals surface area contributed by atoms with Gasteiger partial charge in [-0.05, 0) is 12.0 Å². The molecule has 1 amide bonds. The number of aromatic nitrogens is 2. The van der Waals surface area contributed by atoms with E-state index in [2.05, 4.69) is 17.3 Å². The molecule has 0 spiro atoms. The number of carbonyl (C=O) groups is 1. The maximum Gasteiger partial charge on any atom is 0.221 e. The minimum atomic E-state index is 0.0183. The topological polar surface area (TPSA) is 72.9 Å². The maximum atomic E-state index is 11.1. The van der Waals surface area contributed by atoms with Gasteiger partial charge in [0.2, 0.25) is 5.91 Å². The minimum absolute atomic E-state index is 0.0183. The predicted octanol–water partition coefficient (Wildman–Crippen LogP) is -0.0158. The van der Waals surface area contributed by atoms with E-state index in [0.29, 0.717) is 25.4 Å². The Kier molecular flexibility index (Phi) is 4.83. The Labute approximate surface area is 89.6 Å². The summed E-state index contributed by atoms with van der Waals surface area (Å²) < 4.78 is 1.86. The highest BCUT2D eigenvalue weighted by molar-refractivity contribution is 5.75. The van der Waals surface area contributed by atoms with Gasteiger partial charge in [0, 0.05) is 38.4 Å². The largest absolute Gasteiger partial charge is 0.356 e. The number of amides is 1. The van der Waals surface area contributed by atoms with E-state index in [1.165, 1.54) is 0 Å². The maximum absolute atomic E-state index is 11.1. The van der Waals surface area contributed by atoms with Crippen LogP contribution in [-0.4, -0.2) is 28.8 Å². The number of nitrogens with zero attached hydrogens (tertiary/aromatic N) is 2. The second-order valence-corrected chi connectivity index (χ2v) is 3.68. The van der Waals surface area contributed by atoms with Gasteiger partial charge in [0.25, 0.3) is 0 Å². The van der Waals surface area contributed by atoms with Crippen LogP contribution in [0.1, 0.15) is 13.3 Å². The standard InChI is InChI=1S/C10H18N4O/c1-9(7-12-10(15)3-4-11)8-14-6-2-5-13-14/h2,5-6,9H,3-4,7-8,11H2,1H3,(H,12,15). The highest BCUT2D eigenvalue weighted by Crippen LogP contribution is 1.97. The molecule has 1 unspecified atom stereocenters. The van der Waals surface area contributed by atoms with Crippen molar-refractivity contribution in [1.29, 1.82) is 0 Å². The Hall–Kier alpha value is -1.36. The molecule has 0 saturated carbocycles. The third-order valence-corrected chi connectivity index (χ3v) is 2.08. The fraction of sp³-hybridized carbons (Fsp3) is 0.600. The van der Waals surface area contributed by atoms with Gasteiger partial charge in [-0.2, -0.15) is 5.10 Å². The number of hydrogen-bond donors (Lipinski definition) is 2. The van der Waals surface area contributed by atoms with Crippen molar-refractivity contribution in [3.8, 4) is 0 Å². The summed E-state index contributed by atoms with van der Waals surface area (Å²) in [6.07, 6.45) is 4.06. The summed E-state index contributed by atoms with van der Waals surface area (Å²) in [5.74, 6) is 0.386. The predicted molar refractivity (Wildman–Crippen MR) is 58.1 cm³/mol. The minimum Gasteiger partial charge on any atom is -0.356 e. The second-order valence-electron chi connectivity index (χ2n) is 3.68. The van der Waals surface area contributed by atoms with Crippen LogP contribution in [0.5, 0.6) is 0 Å². The van der Waals surface area contributed by atoms with Gasteiger partial charge in [-0.1, -0.05) is 6.92 Å². The molecule has 1 aromatic rings. The highest BCUT2D eigenvalue weighted by Gasteiger charge is 2.05. The van der Waals surface area contributed by atoms with Crippen molar-refractivity contribution < 1.29 is 4.79 Å². The Balaban J connectivity index is 2.19. The summed E-state index contributed by atoms with van der Waals surface area (Å²) in [5, 5.41) is 6.94. The number of nitrogens with two attached hydrogens (primary N) is 1. The first-order valence-corrected chi connectivity index (χ1v) is 5.16. The monoisotopic (exact) mass is 210 g/mol. The van der Waals surface area contributed by atoms with E-state index in [0.717, 1.165) is 6.54 Å². The number of nitrogens with one attached hydrogen (secondary N) is 1. The molecule has 5 nitrogen and oxygen atoms in total. The molecule has 0 aliphatic rings. The normalized spacial score (nSPS) is 12.4. The molecular weight excluding hydrogens is 192 g/mol. The molecule has 0 fully saturated rings. The molecule has 0 radical (unpaired) electrons. The third kappa shape index (κ3) is 4.60. The lowest BCUT2D eigenvalue weighted by Crippen LogP contribution is -2.31. The lowest BCUT2D eigenvalue weighted by Gasteiger charge is -2.12.